The first kappa shape index (κ1) is 15.6. The molecule has 0 aromatic heterocycles. The van der Waals surface area contributed by atoms with Crippen molar-refractivity contribution < 1.29 is 22.0 Å². The van der Waals surface area contributed by atoms with Gasteiger partial charge in [0.25, 0.3) is 0 Å². The quantitative estimate of drug-likeness (QED) is 0.560. The third-order valence-corrected chi connectivity index (χ3v) is 7.16. The summed E-state index contributed by atoms with van der Waals surface area (Å²) in [6.07, 6.45) is 9.12. The molecule has 0 saturated heterocycles. The van der Waals surface area contributed by atoms with Crippen molar-refractivity contribution in [3.8, 4) is 0 Å². The SMILES string of the molecule is CC1=[C]([Ti][C]2=CC=CC2)CC(c2ccccc2)=C1c1ccccc1.[H-].[H-]. The molecule has 0 atom stereocenters. The molecule has 0 bridgehead atoms. The molecule has 0 radical (unpaired) electrons. The molecule has 2 aliphatic rings. The van der Waals surface area contributed by atoms with E-state index in [1.165, 1.54) is 27.8 Å². The van der Waals surface area contributed by atoms with Crippen molar-refractivity contribution in [3.05, 3.63) is 103 Å². The molecule has 24 heavy (non-hydrogen) atoms. The molecular weight excluding hydrogens is 324 g/mol. The van der Waals surface area contributed by atoms with Gasteiger partial charge in [-0.3, -0.25) is 0 Å². The molecule has 4 rings (SSSR count). The number of hydrogen-bond acceptors (Lipinski definition) is 0. The predicted molar refractivity (Wildman–Crippen MR) is 101 cm³/mol. The van der Waals surface area contributed by atoms with Crippen LogP contribution in [0.25, 0.3) is 11.1 Å². The molecule has 0 amide bonds. The van der Waals surface area contributed by atoms with Crippen LogP contribution in [0.2, 0.25) is 0 Å². The zero-order valence-electron chi connectivity index (χ0n) is 15.9. The van der Waals surface area contributed by atoms with E-state index in [4.69, 9.17) is 0 Å². The molecule has 2 aromatic rings. The zero-order chi connectivity index (χ0) is 16.4. The van der Waals surface area contributed by atoms with Gasteiger partial charge in [-0.15, -0.1) is 0 Å². The molecule has 2 aromatic carbocycles. The monoisotopic (exact) mass is 346 g/mol. The standard InChI is InChI=1S/C18H15.C5H5.Ti.2H/c1-14-12-13-17(15-8-4-2-5-9-15)18(14)16-10-6-3-7-11-16;1-2-4-5-3-1;;;/h2-11H,13H2,1H3;1-3H,4H2;;;/q;;;2*-1. The summed E-state index contributed by atoms with van der Waals surface area (Å²) in [6, 6.07) is 21.8. The first-order chi connectivity index (χ1) is 11.8. The third kappa shape index (κ3) is 3.05. The summed E-state index contributed by atoms with van der Waals surface area (Å²) in [5.41, 5.74) is 7.22. The summed E-state index contributed by atoms with van der Waals surface area (Å²) in [5, 5.41) is 0. The van der Waals surface area contributed by atoms with E-state index in [0.29, 0.717) is 0 Å². The van der Waals surface area contributed by atoms with Crippen molar-refractivity contribution in [2.75, 3.05) is 0 Å². The van der Waals surface area contributed by atoms with E-state index < -0.39 is 0 Å². The fourth-order valence-electron chi connectivity index (χ4n) is 3.53. The van der Waals surface area contributed by atoms with Crippen LogP contribution in [0.1, 0.15) is 33.7 Å². The van der Waals surface area contributed by atoms with Crippen LogP contribution in [-0.2, 0) is 19.2 Å². The Hall–Kier alpha value is -1.89. The fraction of sp³-hybridized carbons (Fsp3) is 0.130. The molecule has 0 aliphatic heterocycles. The third-order valence-electron chi connectivity index (χ3n) is 4.75. The minimum atomic E-state index is -0.178. The Kier molecular flexibility index (Phi) is 4.51. The summed E-state index contributed by atoms with van der Waals surface area (Å²) < 4.78 is 3.36. The summed E-state index contributed by atoms with van der Waals surface area (Å²) >= 11 is -0.178. The van der Waals surface area contributed by atoms with E-state index in [1.807, 2.05) is 0 Å². The van der Waals surface area contributed by atoms with Crippen LogP contribution in [0.3, 0.4) is 0 Å². The van der Waals surface area contributed by atoms with Gasteiger partial charge in [0.1, 0.15) is 0 Å². The summed E-state index contributed by atoms with van der Waals surface area (Å²) in [7, 11) is 0. The topological polar surface area (TPSA) is 0 Å². The molecule has 0 fully saturated rings. The Balaban J connectivity index is 0.00000121. The van der Waals surface area contributed by atoms with Crippen molar-refractivity contribution in [1.29, 1.82) is 0 Å². The van der Waals surface area contributed by atoms with Crippen LogP contribution in [0, 0.1) is 0 Å². The van der Waals surface area contributed by atoms with E-state index in [-0.39, 0.29) is 22.0 Å². The second-order valence-electron chi connectivity index (χ2n) is 6.32. The number of allylic oxidation sites excluding steroid dienone is 8. The first-order valence-electron chi connectivity index (χ1n) is 8.50. The number of hydrogen-bond donors (Lipinski definition) is 0. The van der Waals surface area contributed by atoms with Crippen molar-refractivity contribution in [2.45, 2.75) is 19.8 Å². The van der Waals surface area contributed by atoms with Crippen molar-refractivity contribution in [1.82, 2.24) is 0 Å². The minimum absolute atomic E-state index is 0. The van der Waals surface area contributed by atoms with Crippen LogP contribution in [0.4, 0.5) is 0 Å². The predicted octanol–water partition coefficient (Wildman–Crippen LogP) is 6.43. The minimum Gasteiger partial charge on any atom is -1.00 e. The van der Waals surface area contributed by atoms with Gasteiger partial charge in [-0.05, 0) is 0 Å². The van der Waals surface area contributed by atoms with Gasteiger partial charge in [-0.2, -0.15) is 0 Å². The van der Waals surface area contributed by atoms with Crippen LogP contribution in [0.15, 0.2) is 92.2 Å². The smallest absolute Gasteiger partial charge is 1.00 e. The first-order valence-corrected chi connectivity index (χ1v) is 10.1. The van der Waals surface area contributed by atoms with E-state index in [9.17, 15) is 0 Å². The van der Waals surface area contributed by atoms with Gasteiger partial charge in [0.05, 0.1) is 0 Å². The molecule has 0 heterocycles. The molecule has 0 N–H and O–H groups in total. The Morgan fingerprint density at radius 2 is 1.54 bits per heavy atom. The maximum atomic E-state index is 2.34. The second-order valence-corrected chi connectivity index (χ2v) is 8.65. The van der Waals surface area contributed by atoms with Gasteiger partial charge < -0.3 is 2.85 Å². The molecule has 120 valence electrons. The van der Waals surface area contributed by atoms with E-state index in [1.54, 1.807) is 7.76 Å². The second kappa shape index (κ2) is 6.93. The summed E-state index contributed by atoms with van der Waals surface area (Å²) in [4.78, 5) is 0. The van der Waals surface area contributed by atoms with E-state index in [0.717, 1.165) is 12.8 Å². The Bertz CT molecular complexity index is 875. The molecule has 0 spiro atoms. The average Bonchev–Trinajstić information content (AvgIpc) is 3.25. The summed E-state index contributed by atoms with van der Waals surface area (Å²) in [5.74, 6) is 0. The Morgan fingerprint density at radius 3 is 2.17 bits per heavy atom. The van der Waals surface area contributed by atoms with Crippen LogP contribution in [0.5, 0.6) is 0 Å². The molecule has 0 unspecified atom stereocenters. The zero-order valence-corrected chi connectivity index (χ0v) is 15.5. The molecular formula is C23H22Ti-2. The van der Waals surface area contributed by atoms with Crippen LogP contribution in [-0.4, -0.2) is 0 Å². The van der Waals surface area contributed by atoms with Gasteiger partial charge in [0.2, 0.25) is 0 Å². The number of benzene rings is 2. The van der Waals surface area contributed by atoms with Gasteiger partial charge >= 0.3 is 153 Å². The Labute approximate surface area is 156 Å². The maximum Gasteiger partial charge on any atom is -1.00 e. The van der Waals surface area contributed by atoms with Crippen LogP contribution >= 0.6 is 0 Å². The average molecular weight is 346 g/mol. The number of rotatable bonds is 4. The largest absolute Gasteiger partial charge is 1.00 e. The van der Waals surface area contributed by atoms with Gasteiger partial charge in [-0.25, -0.2) is 0 Å². The van der Waals surface area contributed by atoms with Gasteiger partial charge in [0, 0.05) is 0 Å². The molecule has 1 heteroatoms. The van der Waals surface area contributed by atoms with E-state index in [2.05, 4.69) is 85.8 Å². The van der Waals surface area contributed by atoms with Crippen molar-refractivity contribution in [3.63, 3.8) is 0 Å². The van der Waals surface area contributed by atoms with E-state index >= 15 is 0 Å². The molecule has 0 nitrogen and oxygen atoms in total. The van der Waals surface area contributed by atoms with Gasteiger partial charge in [-0.1, -0.05) is 0 Å². The van der Waals surface area contributed by atoms with Crippen LogP contribution < -0.4 is 0 Å². The molecule has 2 aliphatic carbocycles. The Morgan fingerprint density at radius 1 is 0.875 bits per heavy atom. The summed E-state index contributed by atoms with van der Waals surface area (Å²) in [6.45, 7) is 2.33. The fourth-order valence-corrected chi connectivity index (χ4v) is 5.66. The van der Waals surface area contributed by atoms with Gasteiger partial charge in [0.15, 0.2) is 0 Å². The van der Waals surface area contributed by atoms with Crippen molar-refractivity contribution >= 4 is 11.1 Å². The molecule has 0 saturated carbocycles. The maximum absolute atomic E-state index is 2.34. The normalized spacial score (nSPS) is 16.8. The van der Waals surface area contributed by atoms with Crippen molar-refractivity contribution in [2.24, 2.45) is 0 Å².